The van der Waals surface area contributed by atoms with E-state index in [0.29, 0.717) is 12.8 Å². The first-order valence-electron chi connectivity index (χ1n) is 12.5. The van der Waals surface area contributed by atoms with Crippen LogP contribution in [0.3, 0.4) is 0 Å². The summed E-state index contributed by atoms with van der Waals surface area (Å²) >= 11 is 0. The van der Waals surface area contributed by atoms with Crippen molar-refractivity contribution in [3.63, 3.8) is 0 Å². The monoisotopic (exact) mass is 472 g/mol. The molecule has 0 heterocycles. The van der Waals surface area contributed by atoms with Crippen LogP contribution >= 0.6 is 0 Å². The van der Waals surface area contributed by atoms with Gasteiger partial charge in [0.1, 0.15) is 0 Å². The molecule has 0 aromatic carbocycles. The van der Waals surface area contributed by atoms with Crippen molar-refractivity contribution in [3.8, 4) is 0 Å². The van der Waals surface area contributed by atoms with E-state index in [0.717, 1.165) is 70.6 Å². The van der Waals surface area contributed by atoms with Gasteiger partial charge < -0.3 is 9.66 Å². The van der Waals surface area contributed by atoms with Gasteiger partial charge in [-0.3, -0.25) is 0 Å². The molecule has 0 bridgehead atoms. The van der Waals surface area contributed by atoms with Gasteiger partial charge in [-0.25, -0.2) is 8.42 Å². The topological polar surface area (TPSA) is 77.4 Å². The Hall–Kier alpha value is 1.51. The Balaban J connectivity index is 0. The molecule has 30 heavy (non-hydrogen) atoms. The van der Waals surface area contributed by atoms with Crippen LogP contribution in [-0.4, -0.2) is 29.4 Å². The Morgan fingerprint density at radius 3 is 1.33 bits per heavy atom. The third-order valence-corrected chi connectivity index (χ3v) is 7.28. The van der Waals surface area contributed by atoms with Gasteiger partial charge in [-0.1, -0.05) is 117 Å². The molecular weight excluding hydrogens is 423 g/mol. The number of aliphatic hydroxyl groups excluding tert-OH is 1. The van der Waals surface area contributed by atoms with E-state index < -0.39 is 15.4 Å². The van der Waals surface area contributed by atoms with Gasteiger partial charge in [-0.15, -0.1) is 0 Å². The van der Waals surface area contributed by atoms with Gasteiger partial charge in [0.25, 0.3) is 0 Å². The van der Waals surface area contributed by atoms with Crippen molar-refractivity contribution in [2.24, 2.45) is 0 Å². The van der Waals surface area contributed by atoms with Crippen molar-refractivity contribution in [1.29, 1.82) is 0 Å². The Bertz CT molecular complexity index is 442. The Morgan fingerprint density at radius 1 is 0.600 bits per heavy atom. The van der Waals surface area contributed by atoms with E-state index in [2.05, 4.69) is 13.8 Å². The Morgan fingerprint density at radius 2 is 0.933 bits per heavy atom. The zero-order valence-corrected chi connectivity index (χ0v) is 24.3. The van der Waals surface area contributed by atoms with Gasteiger partial charge in [-0.05, 0) is 25.7 Å². The molecule has 0 aliphatic carbocycles. The van der Waals surface area contributed by atoms with Crippen LogP contribution in [0.25, 0.3) is 0 Å². The summed E-state index contributed by atoms with van der Waals surface area (Å²) in [4.78, 5) is 0. The summed E-state index contributed by atoms with van der Waals surface area (Å²) in [6.45, 7) is 4.36. The van der Waals surface area contributed by atoms with Crippen LogP contribution in [-0.2, 0) is 10.1 Å². The third-order valence-electron chi connectivity index (χ3n) is 5.99. The van der Waals surface area contributed by atoms with E-state index in [1.807, 2.05) is 0 Å². The minimum absolute atomic E-state index is 0. The predicted octanol–water partition coefficient (Wildman–Crippen LogP) is 4.11. The van der Waals surface area contributed by atoms with Crippen molar-refractivity contribution in [2.45, 2.75) is 154 Å². The second-order valence-electron chi connectivity index (χ2n) is 8.87. The summed E-state index contributed by atoms with van der Waals surface area (Å²) in [6, 6.07) is 0. The smallest absolute Gasteiger partial charge is 0.748 e. The summed E-state index contributed by atoms with van der Waals surface area (Å²) in [5.41, 5.74) is 0. The van der Waals surface area contributed by atoms with Crippen LogP contribution < -0.4 is 51.4 Å². The zero-order valence-electron chi connectivity index (χ0n) is 20.4. The van der Waals surface area contributed by atoms with Crippen LogP contribution in [0.15, 0.2) is 0 Å². The van der Waals surface area contributed by atoms with Gasteiger partial charge >= 0.3 is 51.4 Å². The minimum Gasteiger partial charge on any atom is -0.748 e. The van der Waals surface area contributed by atoms with Crippen molar-refractivity contribution in [3.05, 3.63) is 0 Å². The molecular formula is C24H49KO4S. The third kappa shape index (κ3) is 22.7. The molecule has 0 aliphatic heterocycles. The fourth-order valence-corrected chi connectivity index (χ4v) is 4.89. The first-order chi connectivity index (χ1) is 13.9. The minimum atomic E-state index is -4.18. The van der Waals surface area contributed by atoms with Gasteiger partial charge in [0.2, 0.25) is 0 Å². The molecule has 0 aliphatic rings. The number of rotatable bonds is 22. The molecule has 1 N–H and O–H groups in total. The van der Waals surface area contributed by atoms with Crippen LogP contribution in [0, 0.1) is 0 Å². The predicted molar refractivity (Wildman–Crippen MR) is 123 cm³/mol. The summed E-state index contributed by atoms with van der Waals surface area (Å²) in [5.74, 6) is 0. The molecule has 4 nitrogen and oxygen atoms in total. The first-order valence-corrected chi connectivity index (χ1v) is 14.0. The maximum Gasteiger partial charge on any atom is 1.00 e. The molecule has 2 unspecified atom stereocenters. The molecule has 2 atom stereocenters. The molecule has 0 aromatic rings. The van der Waals surface area contributed by atoms with Gasteiger partial charge in [-0.2, -0.15) is 0 Å². The van der Waals surface area contributed by atoms with Crippen molar-refractivity contribution in [1.82, 2.24) is 0 Å². The van der Waals surface area contributed by atoms with Crippen LogP contribution in [0.1, 0.15) is 142 Å². The molecule has 176 valence electrons. The molecule has 0 radical (unpaired) electrons. The van der Waals surface area contributed by atoms with Crippen molar-refractivity contribution >= 4 is 10.1 Å². The van der Waals surface area contributed by atoms with Crippen LogP contribution in [0.4, 0.5) is 0 Å². The average Bonchev–Trinajstić information content (AvgIpc) is 2.67. The molecule has 0 rings (SSSR count). The maximum atomic E-state index is 11.5. The number of aliphatic hydroxyl groups is 1. The number of unbranched alkanes of at least 4 members (excludes halogenated alkanes) is 13. The van der Waals surface area contributed by atoms with Gasteiger partial charge in [0.05, 0.1) is 16.2 Å². The molecule has 0 saturated heterocycles. The number of hydrogen-bond donors (Lipinski definition) is 1. The van der Waals surface area contributed by atoms with Crippen LogP contribution in [0.2, 0.25) is 0 Å². The molecule has 6 heteroatoms. The Kier molecular flexibility index (Phi) is 26.6. The summed E-state index contributed by atoms with van der Waals surface area (Å²) < 4.78 is 34.6. The molecule has 0 amide bonds. The van der Waals surface area contributed by atoms with E-state index in [9.17, 15) is 18.1 Å². The normalized spacial score (nSPS) is 13.7. The zero-order chi connectivity index (χ0) is 21.8. The maximum absolute atomic E-state index is 11.5. The van der Waals surface area contributed by atoms with E-state index in [1.54, 1.807) is 0 Å². The largest absolute Gasteiger partial charge is 1.00 e. The van der Waals surface area contributed by atoms with Gasteiger partial charge in [0.15, 0.2) is 0 Å². The first kappa shape index (κ1) is 33.7. The van der Waals surface area contributed by atoms with Crippen LogP contribution in [0.5, 0.6) is 0 Å². The Labute approximate surface area is 230 Å². The summed E-state index contributed by atoms with van der Waals surface area (Å²) in [7, 11) is -4.18. The molecule has 0 fully saturated rings. The van der Waals surface area contributed by atoms with E-state index in [1.165, 1.54) is 44.9 Å². The van der Waals surface area contributed by atoms with E-state index in [-0.39, 0.29) is 57.5 Å². The summed E-state index contributed by atoms with van der Waals surface area (Å²) in [6.07, 6.45) is 20.6. The second-order valence-corrected chi connectivity index (χ2v) is 10.5. The fraction of sp³-hybridized carbons (Fsp3) is 1.00. The van der Waals surface area contributed by atoms with Crippen molar-refractivity contribution in [2.75, 3.05) is 0 Å². The number of hydrogen-bond acceptors (Lipinski definition) is 4. The fourth-order valence-electron chi connectivity index (χ4n) is 3.98. The van der Waals surface area contributed by atoms with Crippen molar-refractivity contribution < 1.29 is 69.5 Å². The summed E-state index contributed by atoms with van der Waals surface area (Å²) in [5, 5.41) is 9.13. The SMILES string of the molecule is CCCCCCCCCCCCC(CCCCCCC(O)CCCC)S(=O)(=O)[O-].[K+]. The molecule has 0 aromatic heterocycles. The van der Waals surface area contributed by atoms with E-state index in [4.69, 9.17) is 0 Å². The van der Waals surface area contributed by atoms with E-state index >= 15 is 0 Å². The quantitative estimate of drug-likeness (QED) is 0.146. The molecule has 0 saturated carbocycles. The average molecular weight is 473 g/mol. The molecule has 0 spiro atoms. The second kappa shape index (κ2) is 23.7. The standard InChI is InChI=1S/C24H50O4S.K/c1-3-5-7-8-9-10-11-12-13-17-21-24(29(26,27)28)22-18-15-14-16-20-23(25)19-6-4-2;/h23-25H,3-22H2,1-2H3,(H,26,27,28);/q;+1/p-1. The van der Waals surface area contributed by atoms with Gasteiger partial charge in [0, 0.05) is 5.25 Å².